The topological polar surface area (TPSA) is 71.8 Å². The molecular formula is C39H35F3N2O4. The summed E-state index contributed by atoms with van der Waals surface area (Å²) in [6, 6.07) is 21.2. The van der Waals surface area contributed by atoms with Crippen LogP contribution in [0.25, 0.3) is 39.7 Å². The lowest BCUT2D eigenvalue weighted by Gasteiger charge is -2.17. The van der Waals surface area contributed by atoms with Crippen LogP contribution in [-0.2, 0) is 12.7 Å². The number of aldehydes is 1. The van der Waals surface area contributed by atoms with Gasteiger partial charge in [0, 0.05) is 31.2 Å². The van der Waals surface area contributed by atoms with Gasteiger partial charge in [0.05, 0.1) is 30.0 Å². The van der Waals surface area contributed by atoms with Gasteiger partial charge in [-0.1, -0.05) is 48.6 Å². The first-order valence-corrected chi connectivity index (χ1v) is 15.7. The second kappa shape index (κ2) is 13.3. The van der Waals surface area contributed by atoms with Crippen LogP contribution in [0.4, 0.5) is 13.2 Å². The largest absolute Gasteiger partial charge is 0.496 e. The Morgan fingerprint density at radius 2 is 1.65 bits per heavy atom. The number of aromatic nitrogens is 1. The number of aliphatic hydroxyl groups is 1. The highest BCUT2D eigenvalue weighted by molar-refractivity contribution is 5.85. The second-order valence-electron chi connectivity index (χ2n) is 12.2. The molecule has 6 nitrogen and oxygen atoms in total. The van der Waals surface area contributed by atoms with Crippen LogP contribution in [0.5, 0.6) is 5.75 Å². The van der Waals surface area contributed by atoms with Crippen molar-refractivity contribution in [1.82, 2.24) is 9.47 Å². The molecule has 48 heavy (non-hydrogen) atoms. The van der Waals surface area contributed by atoms with Gasteiger partial charge >= 0.3 is 6.18 Å². The Kier molecular flexibility index (Phi) is 9.09. The average Bonchev–Trinajstić information content (AvgIpc) is 3.48. The maximum absolute atomic E-state index is 13.9. The number of ether oxygens (including phenoxy) is 1. The van der Waals surface area contributed by atoms with Crippen LogP contribution in [-0.4, -0.2) is 47.2 Å². The molecule has 0 unspecified atom stereocenters. The first kappa shape index (κ1) is 32.9. The summed E-state index contributed by atoms with van der Waals surface area (Å²) in [4.78, 5) is 27.3. The molecule has 1 atom stereocenters. The zero-order valence-electron chi connectivity index (χ0n) is 26.8. The van der Waals surface area contributed by atoms with Crippen LogP contribution in [0.1, 0.15) is 50.2 Å². The molecule has 0 saturated carbocycles. The monoisotopic (exact) mass is 652 g/mol. The maximum atomic E-state index is 13.9. The van der Waals surface area contributed by atoms with E-state index < -0.39 is 11.7 Å². The van der Waals surface area contributed by atoms with Crippen LogP contribution in [0.2, 0.25) is 0 Å². The third-order valence-corrected chi connectivity index (χ3v) is 9.13. The molecule has 1 N–H and O–H groups in total. The minimum atomic E-state index is -4.67. The van der Waals surface area contributed by atoms with Crippen LogP contribution in [0.3, 0.4) is 0 Å². The molecule has 0 radical (unpaired) electrons. The Labute approximate surface area is 276 Å². The number of pyridine rings is 1. The summed E-state index contributed by atoms with van der Waals surface area (Å²) in [6.07, 6.45) is 0.947. The summed E-state index contributed by atoms with van der Waals surface area (Å²) in [5, 5.41) is 11.3. The number of methoxy groups -OCH3 is 1. The van der Waals surface area contributed by atoms with Gasteiger partial charge in [0.2, 0.25) is 0 Å². The number of hydrogen-bond donors (Lipinski definition) is 1. The highest BCUT2D eigenvalue weighted by Crippen LogP contribution is 2.37. The Hall–Kier alpha value is -4.99. The van der Waals surface area contributed by atoms with E-state index in [0.717, 1.165) is 64.5 Å². The molecule has 2 heterocycles. The number of nitrogens with zero attached hydrogens (tertiary/aromatic N) is 2. The Morgan fingerprint density at radius 1 is 0.917 bits per heavy atom. The minimum absolute atomic E-state index is 0.0581. The number of carbonyl (C=O) groups excluding carboxylic acids is 1. The van der Waals surface area contributed by atoms with Crippen molar-refractivity contribution in [3.8, 4) is 22.6 Å². The number of likely N-dealkylation sites (tertiary alicyclic amines) is 1. The molecule has 1 aliphatic rings. The lowest BCUT2D eigenvalue weighted by Crippen LogP contribution is -2.22. The lowest BCUT2D eigenvalue weighted by atomic mass is 9.92. The summed E-state index contributed by atoms with van der Waals surface area (Å²) >= 11 is 0. The third-order valence-electron chi connectivity index (χ3n) is 9.13. The molecular weight excluding hydrogens is 617 g/mol. The predicted molar refractivity (Wildman–Crippen MR) is 183 cm³/mol. The van der Waals surface area contributed by atoms with Crippen molar-refractivity contribution in [2.75, 3.05) is 20.2 Å². The van der Waals surface area contributed by atoms with Gasteiger partial charge in [-0.2, -0.15) is 13.2 Å². The number of carbonyl (C=O) groups is 1. The molecule has 0 aliphatic carbocycles. The van der Waals surface area contributed by atoms with Gasteiger partial charge in [-0.05, 0) is 101 Å². The number of β-amino-alcohol motifs (C(OH)–C–C–N with tert-alkyl or cyclic N) is 1. The van der Waals surface area contributed by atoms with Gasteiger partial charge < -0.3 is 9.84 Å². The Balaban J connectivity index is 1.34. The van der Waals surface area contributed by atoms with E-state index in [0.29, 0.717) is 23.8 Å². The molecule has 0 bridgehead atoms. The molecule has 1 aromatic heterocycles. The quantitative estimate of drug-likeness (QED) is 0.137. The van der Waals surface area contributed by atoms with Gasteiger partial charge in [0.15, 0.2) is 6.29 Å². The molecule has 0 amide bonds. The summed E-state index contributed by atoms with van der Waals surface area (Å²) in [5.74, 6) is 0.0581. The number of hydrogen-bond acceptors (Lipinski definition) is 5. The summed E-state index contributed by atoms with van der Waals surface area (Å²) in [7, 11) is 1.30. The van der Waals surface area contributed by atoms with Crippen molar-refractivity contribution in [2.45, 2.75) is 39.1 Å². The molecule has 1 saturated heterocycles. The second-order valence-corrected chi connectivity index (χ2v) is 12.2. The van der Waals surface area contributed by atoms with Crippen molar-refractivity contribution in [3.63, 3.8) is 0 Å². The molecule has 4 aromatic carbocycles. The van der Waals surface area contributed by atoms with E-state index in [1.54, 1.807) is 16.8 Å². The average molecular weight is 653 g/mol. The van der Waals surface area contributed by atoms with Crippen molar-refractivity contribution in [2.24, 2.45) is 0 Å². The minimum Gasteiger partial charge on any atom is -0.496 e. The highest BCUT2D eigenvalue weighted by atomic mass is 19.4. The van der Waals surface area contributed by atoms with Gasteiger partial charge in [0.25, 0.3) is 5.56 Å². The van der Waals surface area contributed by atoms with E-state index >= 15 is 0 Å². The van der Waals surface area contributed by atoms with Gasteiger partial charge in [-0.3, -0.25) is 19.1 Å². The van der Waals surface area contributed by atoms with E-state index in [1.807, 2.05) is 74.5 Å². The van der Waals surface area contributed by atoms with E-state index in [4.69, 9.17) is 4.74 Å². The van der Waals surface area contributed by atoms with Crippen LogP contribution < -0.4 is 10.3 Å². The first-order valence-electron chi connectivity index (χ1n) is 15.7. The van der Waals surface area contributed by atoms with Crippen LogP contribution >= 0.6 is 0 Å². The van der Waals surface area contributed by atoms with Crippen LogP contribution in [0, 0.1) is 13.8 Å². The zero-order valence-corrected chi connectivity index (χ0v) is 26.8. The lowest BCUT2D eigenvalue weighted by molar-refractivity contribution is -0.137. The standard InChI is InChI=1S/C39H35F3N2O4/c1-24-27(11-12-29-20-37(48-3)30(23-45)19-35(29)39(40,41)42)6-4-7-32(24)33-8-5-9-36(25(33)2)44-17-14-28-18-26(10-13-34(28)38(44)47)21-43-16-15-31(46)22-43/h4-14,17-20,23,31,46H,15-16,21-22H2,1-3H3/b12-11+/t31-/m0/s1. The van der Waals surface area contributed by atoms with E-state index in [9.17, 15) is 27.9 Å². The predicted octanol–water partition coefficient (Wildman–Crippen LogP) is 7.85. The fourth-order valence-corrected chi connectivity index (χ4v) is 6.55. The number of benzene rings is 4. The molecule has 246 valence electrons. The zero-order chi connectivity index (χ0) is 34.2. The first-order chi connectivity index (χ1) is 23.0. The van der Waals surface area contributed by atoms with E-state index in [1.165, 1.54) is 19.3 Å². The van der Waals surface area contributed by atoms with Crippen LogP contribution in [0.15, 0.2) is 83.8 Å². The molecule has 1 fully saturated rings. The Bertz CT molecular complexity index is 2120. The summed E-state index contributed by atoms with van der Waals surface area (Å²) in [5.41, 5.74) is 4.67. The maximum Gasteiger partial charge on any atom is 0.417 e. The number of alkyl halides is 3. The number of aliphatic hydroxyl groups excluding tert-OH is 1. The normalized spacial score (nSPS) is 15.4. The molecule has 9 heteroatoms. The summed E-state index contributed by atoms with van der Waals surface area (Å²) in [6.45, 7) is 6.07. The number of halogens is 3. The smallest absolute Gasteiger partial charge is 0.417 e. The highest BCUT2D eigenvalue weighted by Gasteiger charge is 2.34. The van der Waals surface area contributed by atoms with Gasteiger partial charge in [0.1, 0.15) is 5.75 Å². The Morgan fingerprint density at radius 3 is 2.33 bits per heavy atom. The third kappa shape index (κ3) is 6.43. The van der Waals surface area contributed by atoms with Crippen molar-refractivity contribution < 1.29 is 27.8 Å². The van der Waals surface area contributed by atoms with Crippen molar-refractivity contribution in [3.05, 3.63) is 128 Å². The SMILES string of the molecule is COc1cc(/C=C/c2cccc(-c3cccc(-n4ccc5cc(CN6CC[C@H](O)C6)ccc5c4=O)c3C)c2C)c(C(F)(F)F)cc1C=O. The van der Waals surface area contributed by atoms with Gasteiger partial charge in [-0.25, -0.2) is 0 Å². The number of fused-ring (bicyclic) bond motifs is 1. The summed E-state index contributed by atoms with van der Waals surface area (Å²) < 4.78 is 48.5. The van der Waals surface area contributed by atoms with E-state index in [2.05, 4.69) is 4.90 Å². The fraction of sp³-hybridized carbons (Fsp3) is 0.231. The molecule has 5 aromatic rings. The molecule has 1 aliphatic heterocycles. The number of rotatable bonds is 8. The van der Waals surface area contributed by atoms with Gasteiger partial charge in [-0.15, -0.1) is 0 Å². The molecule has 6 rings (SSSR count). The fourth-order valence-electron chi connectivity index (χ4n) is 6.55. The van der Waals surface area contributed by atoms with Crippen molar-refractivity contribution >= 4 is 29.2 Å². The van der Waals surface area contributed by atoms with Crippen molar-refractivity contribution in [1.29, 1.82) is 0 Å². The molecule has 0 spiro atoms. The van der Waals surface area contributed by atoms with E-state index in [-0.39, 0.29) is 28.5 Å².